The first-order valence-corrected chi connectivity index (χ1v) is 6.62. The lowest BCUT2D eigenvalue weighted by Gasteiger charge is -2.10. The number of nitro benzene ring substituents is 1. The summed E-state index contributed by atoms with van der Waals surface area (Å²) >= 11 is 0. The highest BCUT2D eigenvalue weighted by atomic mass is 19.4. The van der Waals surface area contributed by atoms with Crippen molar-refractivity contribution >= 4 is 11.6 Å². The molecule has 0 atom stereocenters. The minimum Gasteiger partial charge on any atom is -0.406 e. The number of benzene rings is 2. The van der Waals surface area contributed by atoms with Crippen molar-refractivity contribution in [1.29, 1.82) is 0 Å². The van der Waals surface area contributed by atoms with Gasteiger partial charge >= 0.3 is 6.36 Å². The van der Waals surface area contributed by atoms with E-state index in [2.05, 4.69) is 10.1 Å². The van der Waals surface area contributed by atoms with Crippen LogP contribution in [0.4, 0.5) is 18.9 Å². The lowest BCUT2D eigenvalue weighted by Crippen LogP contribution is -2.23. The van der Waals surface area contributed by atoms with Gasteiger partial charge in [-0.2, -0.15) is 0 Å². The fraction of sp³-hybridized carbons (Fsp3) is 0.133. The number of para-hydroxylation sites is 1. The number of rotatable bonds is 5. The number of halogens is 3. The molecule has 126 valence electrons. The van der Waals surface area contributed by atoms with E-state index in [4.69, 9.17) is 0 Å². The molecule has 0 saturated carbocycles. The van der Waals surface area contributed by atoms with Crippen LogP contribution in [0.5, 0.6) is 5.75 Å². The second kappa shape index (κ2) is 6.99. The van der Waals surface area contributed by atoms with Crippen LogP contribution in [-0.2, 0) is 6.54 Å². The molecule has 2 rings (SSSR count). The van der Waals surface area contributed by atoms with Gasteiger partial charge in [0.1, 0.15) is 11.3 Å². The molecule has 0 saturated heterocycles. The molecule has 0 fully saturated rings. The van der Waals surface area contributed by atoms with Gasteiger partial charge in [0.05, 0.1) is 4.92 Å². The first-order chi connectivity index (χ1) is 11.3. The molecule has 1 N–H and O–H groups in total. The Bertz CT molecular complexity index is 745. The van der Waals surface area contributed by atoms with Crippen LogP contribution in [0.25, 0.3) is 0 Å². The molecular weight excluding hydrogens is 329 g/mol. The van der Waals surface area contributed by atoms with Crippen molar-refractivity contribution in [3.63, 3.8) is 0 Å². The van der Waals surface area contributed by atoms with E-state index in [0.717, 1.165) is 12.1 Å². The highest BCUT2D eigenvalue weighted by Crippen LogP contribution is 2.23. The van der Waals surface area contributed by atoms with E-state index in [-0.39, 0.29) is 23.5 Å². The Hall–Kier alpha value is -3.10. The van der Waals surface area contributed by atoms with Crippen LogP contribution in [0, 0.1) is 10.1 Å². The molecule has 6 nitrogen and oxygen atoms in total. The van der Waals surface area contributed by atoms with Gasteiger partial charge in [0.15, 0.2) is 0 Å². The predicted molar refractivity (Wildman–Crippen MR) is 77.4 cm³/mol. The van der Waals surface area contributed by atoms with Crippen molar-refractivity contribution in [3.8, 4) is 5.75 Å². The first kappa shape index (κ1) is 17.3. The molecule has 0 spiro atoms. The Balaban J connectivity index is 2.01. The number of nitro groups is 1. The minimum atomic E-state index is -4.78. The van der Waals surface area contributed by atoms with Gasteiger partial charge in [0, 0.05) is 12.6 Å². The van der Waals surface area contributed by atoms with Crippen molar-refractivity contribution in [2.75, 3.05) is 0 Å². The standard InChI is InChI=1S/C15H11F3N2O4/c16-15(17,18)24-11-7-5-10(6-8-11)9-19-14(21)12-3-1-2-4-13(12)20(22)23/h1-8H,9H2,(H,19,21). The SMILES string of the molecule is O=C(NCc1ccc(OC(F)(F)F)cc1)c1ccccc1[N+](=O)[O-]. The minimum absolute atomic E-state index is 0.00280. The van der Waals surface area contributed by atoms with E-state index in [1.54, 1.807) is 0 Å². The molecule has 0 bridgehead atoms. The second-order valence-corrected chi connectivity index (χ2v) is 4.65. The van der Waals surface area contributed by atoms with Gasteiger partial charge in [0.2, 0.25) is 0 Å². The van der Waals surface area contributed by atoms with Crippen LogP contribution in [-0.4, -0.2) is 17.2 Å². The molecule has 2 aromatic rings. The van der Waals surface area contributed by atoms with Crippen molar-refractivity contribution in [3.05, 3.63) is 69.8 Å². The first-order valence-electron chi connectivity index (χ1n) is 6.62. The normalized spacial score (nSPS) is 11.0. The Kier molecular flexibility index (Phi) is 5.02. The monoisotopic (exact) mass is 340 g/mol. The Morgan fingerprint density at radius 2 is 1.75 bits per heavy atom. The zero-order chi connectivity index (χ0) is 17.7. The van der Waals surface area contributed by atoms with Crippen LogP contribution < -0.4 is 10.1 Å². The summed E-state index contributed by atoms with van der Waals surface area (Å²) in [7, 11) is 0. The van der Waals surface area contributed by atoms with E-state index in [9.17, 15) is 28.1 Å². The topological polar surface area (TPSA) is 81.5 Å². The molecule has 9 heteroatoms. The number of hydrogen-bond donors (Lipinski definition) is 1. The van der Waals surface area contributed by atoms with Gasteiger partial charge in [0.25, 0.3) is 11.6 Å². The molecule has 0 aromatic heterocycles. The summed E-state index contributed by atoms with van der Waals surface area (Å²) in [6.07, 6.45) is -4.78. The quantitative estimate of drug-likeness (QED) is 0.668. The van der Waals surface area contributed by atoms with E-state index in [1.807, 2.05) is 0 Å². The molecular formula is C15H11F3N2O4. The van der Waals surface area contributed by atoms with Gasteiger partial charge in [-0.15, -0.1) is 13.2 Å². The summed E-state index contributed by atoms with van der Waals surface area (Å²) in [4.78, 5) is 22.2. The molecule has 1 amide bonds. The predicted octanol–water partition coefficient (Wildman–Crippen LogP) is 3.42. The van der Waals surface area contributed by atoms with Gasteiger partial charge < -0.3 is 10.1 Å². The van der Waals surface area contributed by atoms with Crippen LogP contribution in [0.3, 0.4) is 0 Å². The number of hydrogen-bond acceptors (Lipinski definition) is 4. The van der Waals surface area contributed by atoms with Crippen LogP contribution in [0.2, 0.25) is 0 Å². The molecule has 0 aliphatic rings. The average Bonchev–Trinajstić information content (AvgIpc) is 2.52. The number of nitrogens with zero attached hydrogens (tertiary/aromatic N) is 1. The van der Waals surface area contributed by atoms with E-state index in [1.165, 1.54) is 36.4 Å². The summed E-state index contributed by atoms with van der Waals surface area (Å²) in [5.41, 5.74) is 0.0832. The van der Waals surface area contributed by atoms with Crippen molar-refractivity contribution in [2.24, 2.45) is 0 Å². The molecule has 0 heterocycles. The maximum absolute atomic E-state index is 12.1. The lowest BCUT2D eigenvalue weighted by atomic mass is 10.1. The molecule has 2 aromatic carbocycles. The Morgan fingerprint density at radius 3 is 2.33 bits per heavy atom. The highest BCUT2D eigenvalue weighted by molar-refractivity contribution is 5.98. The third-order valence-electron chi connectivity index (χ3n) is 2.96. The van der Waals surface area contributed by atoms with E-state index in [0.29, 0.717) is 5.56 Å². The third-order valence-corrected chi connectivity index (χ3v) is 2.96. The summed E-state index contributed by atoms with van der Waals surface area (Å²) in [6.45, 7) is -0.00280. The fourth-order valence-electron chi connectivity index (χ4n) is 1.91. The largest absolute Gasteiger partial charge is 0.573 e. The second-order valence-electron chi connectivity index (χ2n) is 4.65. The van der Waals surface area contributed by atoms with E-state index >= 15 is 0 Å². The highest BCUT2D eigenvalue weighted by Gasteiger charge is 2.30. The van der Waals surface area contributed by atoms with Gasteiger partial charge in [-0.3, -0.25) is 14.9 Å². The summed E-state index contributed by atoms with van der Waals surface area (Å²) < 4.78 is 39.9. The molecule has 0 radical (unpaired) electrons. The Labute approximate surface area is 134 Å². The zero-order valence-corrected chi connectivity index (χ0v) is 12.0. The van der Waals surface area contributed by atoms with Crippen LogP contribution in [0.1, 0.15) is 15.9 Å². The van der Waals surface area contributed by atoms with Gasteiger partial charge in [-0.25, -0.2) is 0 Å². The molecule has 0 aliphatic carbocycles. The maximum atomic E-state index is 12.1. The average molecular weight is 340 g/mol. The maximum Gasteiger partial charge on any atom is 0.573 e. The molecule has 0 unspecified atom stereocenters. The summed E-state index contributed by atoms with van der Waals surface area (Å²) in [6, 6.07) is 10.4. The lowest BCUT2D eigenvalue weighted by molar-refractivity contribution is -0.385. The van der Waals surface area contributed by atoms with E-state index < -0.39 is 17.2 Å². The zero-order valence-electron chi connectivity index (χ0n) is 12.0. The molecule has 24 heavy (non-hydrogen) atoms. The number of ether oxygens (including phenoxy) is 1. The number of carbonyl (C=O) groups excluding carboxylic acids is 1. The Morgan fingerprint density at radius 1 is 1.12 bits per heavy atom. The van der Waals surface area contributed by atoms with Gasteiger partial charge in [-0.1, -0.05) is 24.3 Å². The summed E-state index contributed by atoms with van der Waals surface area (Å²) in [5, 5.41) is 13.3. The molecule has 0 aliphatic heterocycles. The van der Waals surface area contributed by atoms with Crippen LogP contribution >= 0.6 is 0 Å². The van der Waals surface area contributed by atoms with Gasteiger partial charge in [-0.05, 0) is 23.8 Å². The third kappa shape index (κ3) is 4.70. The van der Waals surface area contributed by atoms with Crippen LogP contribution in [0.15, 0.2) is 48.5 Å². The number of carbonyl (C=O) groups is 1. The fourth-order valence-corrected chi connectivity index (χ4v) is 1.91. The number of amides is 1. The van der Waals surface area contributed by atoms with Crippen molar-refractivity contribution < 1.29 is 27.6 Å². The number of alkyl halides is 3. The van der Waals surface area contributed by atoms with Crippen molar-refractivity contribution in [1.82, 2.24) is 5.32 Å². The summed E-state index contributed by atoms with van der Waals surface area (Å²) in [5.74, 6) is -1.03. The van der Waals surface area contributed by atoms with Crippen molar-refractivity contribution in [2.45, 2.75) is 12.9 Å². The smallest absolute Gasteiger partial charge is 0.406 e. The number of nitrogens with one attached hydrogen (secondary N) is 1.